The molecule has 3 rings (SSSR count). The third kappa shape index (κ3) is 5.33. The molecule has 30 heavy (non-hydrogen) atoms. The van der Waals surface area contributed by atoms with Crippen LogP contribution in [0.5, 0.6) is 0 Å². The molecule has 1 fully saturated rings. The van der Waals surface area contributed by atoms with E-state index in [-0.39, 0.29) is 24.4 Å². The predicted octanol–water partition coefficient (Wildman–Crippen LogP) is 2.71. The van der Waals surface area contributed by atoms with Crippen LogP contribution in [0.1, 0.15) is 28.8 Å². The lowest BCUT2D eigenvalue weighted by Gasteiger charge is -2.23. The highest BCUT2D eigenvalue weighted by atomic mass is 79.9. The second-order valence-electron chi connectivity index (χ2n) is 6.84. The maximum Gasteiger partial charge on any atom is 0.252 e. The number of carbonyl (C=O) groups excluding carboxylic acids is 2. The van der Waals surface area contributed by atoms with E-state index >= 15 is 0 Å². The van der Waals surface area contributed by atoms with Crippen LogP contribution in [0.25, 0.3) is 0 Å². The molecule has 1 saturated heterocycles. The number of benzene rings is 1. The Kier molecular flexibility index (Phi) is 7.36. The van der Waals surface area contributed by atoms with Gasteiger partial charge in [-0.25, -0.2) is 9.37 Å². The maximum atomic E-state index is 13.4. The van der Waals surface area contributed by atoms with Gasteiger partial charge in [0.2, 0.25) is 5.91 Å². The molecule has 0 spiro atoms. The molecule has 1 aliphatic heterocycles. The van der Waals surface area contributed by atoms with Crippen LogP contribution < -0.4 is 10.2 Å². The average Bonchev–Trinajstić information content (AvgIpc) is 3.01. The van der Waals surface area contributed by atoms with Gasteiger partial charge in [-0.2, -0.15) is 5.26 Å². The molecule has 1 N–H and O–H groups in total. The SMILES string of the molecule is N#Cc1cccnc1N1CCCN(C(=O)CCNC(=O)c2cc(F)ccc2Br)CC1. The summed E-state index contributed by atoms with van der Waals surface area (Å²) in [6, 6.07) is 9.50. The lowest BCUT2D eigenvalue weighted by molar-refractivity contribution is -0.130. The minimum Gasteiger partial charge on any atom is -0.354 e. The van der Waals surface area contributed by atoms with Gasteiger partial charge >= 0.3 is 0 Å². The summed E-state index contributed by atoms with van der Waals surface area (Å²) in [5, 5.41) is 11.9. The van der Waals surface area contributed by atoms with Crippen LogP contribution in [0.3, 0.4) is 0 Å². The van der Waals surface area contributed by atoms with E-state index in [9.17, 15) is 19.2 Å². The van der Waals surface area contributed by atoms with Gasteiger partial charge < -0.3 is 15.1 Å². The van der Waals surface area contributed by atoms with Crippen LogP contribution in [0.4, 0.5) is 10.2 Å². The number of hydrogen-bond donors (Lipinski definition) is 1. The summed E-state index contributed by atoms with van der Waals surface area (Å²) in [4.78, 5) is 32.9. The second-order valence-corrected chi connectivity index (χ2v) is 7.69. The number of hydrogen-bond acceptors (Lipinski definition) is 5. The Bertz CT molecular complexity index is 978. The number of carbonyl (C=O) groups is 2. The molecule has 7 nitrogen and oxygen atoms in total. The topological polar surface area (TPSA) is 89.3 Å². The molecular weight excluding hydrogens is 453 g/mol. The fourth-order valence-corrected chi connectivity index (χ4v) is 3.75. The Labute approximate surface area is 182 Å². The van der Waals surface area contributed by atoms with Gasteiger partial charge in [0.1, 0.15) is 17.7 Å². The Morgan fingerprint density at radius 2 is 2.07 bits per heavy atom. The van der Waals surface area contributed by atoms with Crippen molar-refractivity contribution in [1.29, 1.82) is 5.26 Å². The Morgan fingerprint density at radius 3 is 2.87 bits per heavy atom. The van der Waals surface area contributed by atoms with Crippen molar-refractivity contribution in [2.24, 2.45) is 0 Å². The van der Waals surface area contributed by atoms with Gasteiger partial charge in [0, 0.05) is 49.8 Å². The lowest BCUT2D eigenvalue weighted by atomic mass is 10.2. The van der Waals surface area contributed by atoms with Gasteiger partial charge in [-0.1, -0.05) is 0 Å². The zero-order valence-corrected chi connectivity index (χ0v) is 17.9. The maximum absolute atomic E-state index is 13.4. The van der Waals surface area contributed by atoms with E-state index in [1.807, 2.05) is 4.90 Å². The van der Waals surface area contributed by atoms with Crippen molar-refractivity contribution in [3.8, 4) is 6.07 Å². The molecule has 2 amide bonds. The van der Waals surface area contributed by atoms with Crippen LogP contribution in [-0.2, 0) is 4.79 Å². The monoisotopic (exact) mass is 473 g/mol. The third-order valence-electron chi connectivity index (χ3n) is 4.85. The largest absolute Gasteiger partial charge is 0.354 e. The van der Waals surface area contributed by atoms with E-state index in [0.717, 1.165) is 12.5 Å². The summed E-state index contributed by atoms with van der Waals surface area (Å²) in [7, 11) is 0. The molecule has 1 aromatic carbocycles. The fraction of sp³-hybridized carbons (Fsp3) is 0.333. The minimum absolute atomic E-state index is 0.0583. The molecule has 0 unspecified atom stereocenters. The van der Waals surface area contributed by atoms with E-state index < -0.39 is 11.7 Å². The first-order valence-electron chi connectivity index (χ1n) is 9.60. The Hall–Kier alpha value is -2.99. The molecule has 0 atom stereocenters. The van der Waals surface area contributed by atoms with Crippen molar-refractivity contribution in [2.75, 3.05) is 37.6 Å². The van der Waals surface area contributed by atoms with Crippen molar-refractivity contribution < 1.29 is 14.0 Å². The summed E-state index contributed by atoms with van der Waals surface area (Å²) in [5.74, 6) is -0.351. The predicted molar refractivity (Wildman–Crippen MR) is 113 cm³/mol. The van der Waals surface area contributed by atoms with Crippen LogP contribution in [0, 0.1) is 17.1 Å². The van der Waals surface area contributed by atoms with Crippen LogP contribution >= 0.6 is 15.9 Å². The third-order valence-corrected chi connectivity index (χ3v) is 5.54. The summed E-state index contributed by atoms with van der Waals surface area (Å²) in [5.41, 5.74) is 0.708. The molecule has 156 valence electrons. The van der Waals surface area contributed by atoms with Crippen LogP contribution in [0.15, 0.2) is 41.0 Å². The summed E-state index contributed by atoms with van der Waals surface area (Å²) in [6.45, 7) is 2.58. The number of nitriles is 1. The number of aromatic nitrogens is 1. The molecule has 0 saturated carbocycles. The molecule has 0 radical (unpaired) electrons. The van der Waals surface area contributed by atoms with Gasteiger partial charge in [-0.15, -0.1) is 0 Å². The van der Waals surface area contributed by atoms with Crippen LogP contribution in [-0.4, -0.2) is 54.4 Å². The molecule has 1 aliphatic rings. The van der Waals surface area contributed by atoms with E-state index in [2.05, 4.69) is 32.3 Å². The number of rotatable bonds is 5. The number of nitrogens with one attached hydrogen (secondary N) is 1. The van der Waals surface area contributed by atoms with Gasteiger partial charge in [0.15, 0.2) is 0 Å². The normalized spacial score (nSPS) is 14.0. The van der Waals surface area contributed by atoms with Crippen molar-refractivity contribution in [2.45, 2.75) is 12.8 Å². The highest BCUT2D eigenvalue weighted by Crippen LogP contribution is 2.19. The number of anilines is 1. The number of halogens is 2. The molecular formula is C21H21BrFN5O2. The summed E-state index contributed by atoms with van der Waals surface area (Å²) >= 11 is 3.23. The quantitative estimate of drug-likeness (QED) is 0.720. The van der Waals surface area contributed by atoms with Crippen LogP contribution in [0.2, 0.25) is 0 Å². The smallest absolute Gasteiger partial charge is 0.252 e. The van der Waals surface area contributed by atoms with Gasteiger partial charge in [0.05, 0.1) is 11.1 Å². The Morgan fingerprint density at radius 1 is 1.23 bits per heavy atom. The van der Waals surface area contributed by atoms with Crippen molar-refractivity contribution in [3.05, 3.63) is 57.9 Å². The van der Waals surface area contributed by atoms with E-state index in [1.165, 1.54) is 12.1 Å². The highest BCUT2D eigenvalue weighted by molar-refractivity contribution is 9.10. The van der Waals surface area contributed by atoms with Crippen molar-refractivity contribution >= 4 is 33.6 Å². The fourth-order valence-electron chi connectivity index (χ4n) is 3.32. The molecule has 1 aromatic heterocycles. The first-order valence-corrected chi connectivity index (χ1v) is 10.4. The average molecular weight is 474 g/mol. The van der Waals surface area contributed by atoms with Crippen molar-refractivity contribution in [3.63, 3.8) is 0 Å². The highest BCUT2D eigenvalue weighted by Gasteiger charge is 2.21. The summed E-state index contributed by atoms with van der Waals surface area (Å²) < 4.78 is 13.8. The zero-order chi connectivity index (χ0) is 21.5. The standard InChI is InChI=1S/C21H21BrFN5O2/c22-18-5-4-16(23)13-17(18)21(30)26-8-6-19(29)27-9-2-10-28(12-11-27)20-15(14-24)3-1-7-25-20/h1,3-5,7,13H,2,6,8-12H2,(H,26,30). The van der Waals surface area contributed by atoms with E-state index in [4.69, 9.17) is 0 Å². The lowest BCUT2D eigenvalue weighted by Crippen LogP contribution is -2.37. The number of nitrogens with zero attached hydrogens (tertiary/aromatic N) is 4. The Balaban J connectivity index is 1.51. The molecule has 2 heterocycles. The van der Waals surface area contributed by atoms with Gasteiger partial charge in [-0.05, 0) is 52.7 Å². The van der Waals surface area contributed by atoms with Gasteiger partial charge in [0.25, 0.3) is 5.91 Å². The van der Waals surface area contributed by atoms with Crippen molar-refractivity contribution in [1.82, 2.24) is 15.2 Å². The first-order chi connectivity index (χ1) is 14.5. The molecule has 2 aromatic rings. The number of amides is 2. The molecule has 0 bridgehead atoms. The number of pyridine rings is 1. The zero-order valence-electron chi connectivity index (χ0n) is 16.3. The van der Waals surface area contributed by atoms with E-state index in [0.29, 0.717) is 42.0 Å². The molecule has 9 heteroatoms. The van der Waals surface area contributed by atoms with E-state index in [1.54, 1.807) is 23.2 Å². The summed E-state index contributed by atoms with van der Waals surface area (Å²) in [6.07, 6.45) is 2.57. The van der Waals surface area contributed by atoms with Gasteiger partial charge in [-0.3, -0.25) is 9.59 Å². The second kappa shape index (κ2) is 10.2. The molecule has 0 aliphatic carbocycles. The first kappa shape index (κ1) is 21.7. The minimum atomic E-state index is -0.499.